The van der Waals surface area contributed by atoms with Crippen LogP contribution in [0.5, 0.6) is 0 Å². The Kier molecular flexibility index (Phi) is 5.03. The van der Waals surface area contributed by atoms with Crippen LogP contribution in [0, 0.1) is 0 Å². The van der Waals surface area contributed by atoms with Gasteiger partial charge in [0.2, 0.25) is 17.7 Å². The van der Waals surface area contributed by atoms with Crippen molar-refractivity contribution >= 4 is 28.6 Å². The molecular formula is C23H24N4O3. The Bertz CT molecular complexity index is 1150. The first-order valence-corrected chi connectivity index (χ1v) is 9.92. The SMILES string of the molecule is CC(=O)N[C@@]1(C(=O)NCc2cccc(C(N)=O)c2)CCc2[nH]c3ccccc3c2C1. The summed E-state index contributed by atoms with van der Waals surface area (Å²) in [5, 5.41) is 6.93. The second-order valence-electron chi connectivity index (χ2n) is 7.82. The van der Waals surface area contributed by atoms with Gasteiger partial charge in [-0.1, -0.05) is 30.3 Å². The number of hydrogen-bond donors (Lipinski definition) is 4. The van der Waals surface area contributed by atoms with E-state index in [1.165, 1.54) is 6.92 Å². The third kappa shape index (κ3) is 3.66. The van der Waals surface area contributed by atoms with Crippen LogP contribution in [-0.2, 0) is 29.0 Å². The molecule has 0 aliphatic heterocycles. The first kappa shape index (κ1) is 19.7. The summed E-state index contributed by atoms with van der Waals surface area (Å²) in [6.07, 6.45) is 1.58. The van der Waals surface area contributed by atoms with E-state index in [9.17, 15) is 14.4 Å². The molecule has 3 amide bonds. The molecule has 3 aromatic rings. The van der Waals surface area contributed by atoms with Gasteiger partial charge in [0.15, 0.2) is 0 Å². The van der Waals surface area contributed by atoms with Crippen molar-refractivity contribution in [3.63, 3.8) is 0 Å². The van der Waals surface area contributed by atoms with Crippen molar-refractivity contribution in [3.05, 3.63) is 70.9 Å². The molecule has 0 fully saturated rings. The number of carbonyl (C=O) groups excluding carboxylic acids is 3. The molecule has 4 rings (SSSR count). The van der Waals surface area contributed by atoms with Crippen LogP contribution in [0.4, 0.5) is 0 Å². The van der Waals surface area contributed by atoms with Gasteiger partial charge in [0, 0.05) is 42.0 Å². The molecule has 0 radical (unpaired) electrons. The van der Waals surface area contributed by atoms with Crippen molar-refractivity contribution in [2.45, 2.75) is 38.3 Å². The van der Waals surface area contributed by atoms with E-state index < -0.39 is 11.4 Å². The summed E-state index contributed by atoms with van der Waals surface area (Å²) in [5.74, 6) is -1.00. The van der Waals surface area contributed by atoms with E-state index in [1.54, 1.807) is 18.2 Å². The molecule has 1 aliphatic carbocycles. The average Bonchev–Trinajstić information content (AvgIpc) is 3.09. The Hall–Kier alpha value is -3.61. The molecule has 7 heteroatoms. The fourth-order valence-electron chi connectivity index (χ4n) is 4.28. The number of H-pyrrole nitrogens is 1. The minimum absolute atomic E-state index is 0.238. The molecule has 0 saturated carbocycles. The molecule has 1 atom stereocenters. The maximum absolute atomic E-state index is 13.3. The molecule has 0 spiro atoms. The first-order valence-electron chi connectivity index (χ1n) is 9.92. The third-order valence-corrected chi connectivity index (χ3v) is 5.70. The number of amides is 3. The Balaban J connectivity index is 1.59. The van der Waals surface area contributed by atoms with Gasteiger partial charge in [-0.3, -0.25) is 14.4 Å². The van der Waals surface area contributed by atoms with Gasteiger partial charge < -0.3 is 21.4 Å². The van der Waals surface area contributed by atoms with E-state index in [0.717, 1.165) is 27.7 Å². The summed E-state index contributed by atoms with van der Waals surface area (Å²) in [7, 11) is 0. The molecule has 5 N–H and O–H groups in total. The van der Waals surface area contributed by atoms with Crippen molar-refractivity contribution in [2.24, 2.45) is 5.73 Å². The molecule has 1 heterocycles. The molecule has 7 nitrogen and oxygen atoms in total. The fraction of sp³-hybridized carbons (Fsp3) is 0.261. The molecule has 154 valence electrons. The highest BCUT2D eigenvalue weighted by Crippen LogP contribution is 2.34. The summed E-state index contributed by atoms with van der Waals surface area (Å²) in [5.41, 5.74) is 8.67. The predicted molar refractivity (Wildman–Crippen MR) is 114 cm³/mol. The molecule has 1 aromatic heterocycles. The Morgan fingerprint density at radius 3 is 2.70 bits per heavy atom. The van der Waals surface area contributed by atoms with Gasteiger partial charge in [0.1, 0.15) is 5.54 Å². The minimum atomic E-state index is -1.02. The number of nitrogens with one attached hydrogen (secondary N) is 3. The zero-order chi connectivity index (χ0) is 21.3. The highest BCUT2D eigenvalue weighted by atomic mass is 16.2. The van der Waals surface area contributed by atoms with E-state index >= 15 is 0 Å². The zero-order valence-electron chi connectivity index (χ0n) is 16.7. The van der Waals surface area contributed by atoms with Crippen molar-refractivity contribution in [2.75, 3.05) is 0 Å². The van der Waals surface area contributed by atoms with E-state index in [2.05, 4.69) is 15.6 Å². The number of carbonyl (C=O) groups is 3. The van der Waals surface area contributed by atoms with E-state index in [1.807, 2.05) is 30.3 Å². The number of fused-ring (bicyclic) bond motifs is 3. The Morgan fingerprint density at radius 1 is 1.13 bits per heavy atom. The van der Waals surface area contributed by atoms with Crippen LogP contribution >= 0.6 is 0 Å². The fourth-order valence-corrected chi connectivity index (χ4v) is 4.28. The molecule has 0 bridgehead atoms. The van der Waals surface area contributed by atoms with Gasteiger partial charge in [-0.25, -0.2) is 0 Å². The van der Waals surface area contributed by atoms with Crippen LogP contribution < -0.4 is 16.4 Å². The maximum atomic E-state index is 13.3. The second-order valence-corrected chi connectivity index (χ2v) is 7.82. The highest BCUT2D eigenvalue weighted by molar-refractivity contribution is 5.94. The number of benzene rings is 2. The van der Waals surface area contributed by atoms with Crippen LogP contribution in [0.25, 0.3) is 10.9 Å². The van der Waals surface area contributed by atoms with Crippen molar-refractivity contribution in [1.29, 1.82) is 0 Å². The monoisotopic (exact) mass is 404 g/mol. The topological polar surface area (TPSA) is 117 Å². The maximum Gasteiger partial charge on any atom is 0.248 e. The number of aryl methyl sites for hydroxylation is 1. The lowest BCUT2D eigenvalue weighted by molar-refractivity contribution is -0.133. The Labute approximate surface area is 174 Å². The van der Waals surface area contributed by atoms with Crippen molar-refractivity contribution in [1.82, 2.24) is 15.6 Å². The molecule has 30 heavy (non-hydrogen) atoms. The first-order chi connectivity index (χ1) is 14.4. The molecular weight excluding hydrogens is 380 g/mol. The number of para-hydroxylation sites is 1. The predicted octanol–water partition coefficient (Wildman–Crippen LogP) is 1.95. The van der Waals surface area contributed by atoms with Crippen molar-refractivity contribution in [3.8, 4) is 0 Å². The van der Waals surface area contributed by atoms with Gasteiger partial charge in [-0.2, -0.15) is 0 Å². The summed E-state index contributed by atoms with van der Waals surface area (Å²) < 4.78 is 0. The summed E-state index contributed by atoms with van der Waals surface area (Å²) >= 11 is 0. The number of aromatic amines is 1. The number of nitrogens with two attached hydrogens (primary N) is 1. The van der Waals surface area contributed by atoms with E-state index in [-0.39, 0.29) is 18.4 Å². The van der Waals surface area contributed by atoms with Gasteiger partial charge in [0.05, 0.1) is 0 Å². The quantitative estimate of drug-likeness (QED) is 0.521. The Morgan fingerprint density at radius 2 is 1.93 bits per heavy atom. The normalized spacial score (nSPS) is 17.9. The van der Waals surface area contributed by atoms with Crippen LogP contribution in [-0.4, -0.2) is 28.2 Å². The lowest BCUT2D eigenvalue weighted by Gasteiger charge is -2.36. The highest BCUT2D eigenvalue weighted by Gasteiger charge is 2.43. The summed E-state index contributed by atoms with van der Waals surface area (Å²) in [4.78, 5) is 40.1. The van der Waals surface area contributed by atoms with E-state index in [4.69, 9.17) is 5.73 Å². The lowest BCUT2D eigenvalue weighted by atomic mass is 9.78. The molecule has 1 aliphatic rings. The number of primary amides is 1. The smallest absolute Gasteiger partial charge is 0.248 e. The number of aromatic nitrogens is 1. The largest absolute Gasteiger partial charge is 0.366 e. The number of hydrogen-bond acceptors (Lipinski definition) is 3. The van der Waals surface area contributed by atoms with Crippen molar-refractivity contribution < 1.29 is 14.4 Å². The van der Waals surface area contributed by atoms with Gasteiger partial charge in [0.25, 0.3) is 0 Å². The molecule has 2 aromatic carbocycles. The standard InChI is InChI=1S/C23H24N4O3/c1-14(28)27-23(22(30)25-13-15-5-4-6-16(11-15)21(24)29)10-9-20-18(12-23)17-7-2-3-8-19(17)26-20/h2-8,11,26H,9-10,12-13H2,1H3,(H2,24,29)(H,25,30)(H,27,28)/t23-/m0/s1. The molecule has 0 unspecified atom stereocenters. The van der Waals surface area contributed by atoms with Crippen LogP contribution in [0.2, 0.25) is 0 Å². The van der Waals surface area contributed by atoms with E-state index in [0.29, 0.717) is 24.8 Å². The van der Waals surface area contributed by atoms with Gasteiger partial charge in [-0.05, 0) is 42.2 Å². The summed E-state index contributed by atoms with van der Waals surface area (Å²) in [6, 6.07) is 14.8. The average molecular weight is 404 g/mol. The number of rotatable bonds is 5. The second kappa shape index (κ2) is 7.67. The van der Waals surface area contributed by atoms with Crippen LogP contribution in [0.15, 0.2) is 48.5 Å². The third-order valence-electron chi connectivity index (χ3n) is 5.70. The summed E-state index contributed by atoms with van der Waals surface area (Å²) in [6.45, 7) is 1.66. The molecule has 0 saturated heterocycles. The van der Waals surface area contributed by atoms with Gasteiger partial charge >= 0.3 is 0 Å². The van der Waals surface area contributed by atoms with Gasteiger partial charge in [-0.15, -0.1) is 0 Å². The minimum Gasteiger partial charge on any atom is -0.366 e. The zero-order valence-corrected chi connectivity index (χ0v) is 16.7. The van der Waals surface area contributed by atoms with Crippen LogP contribution in [0.3, 0.4) is 0 Å². The van der Waals surface area contributed by atoms with Crippen LogP contribution in [0.1, 0.15) is 40.5 Å². The lowest BCUT2D eigenvalue weighted by Crippen LogP contribution is -2.61.